The quantitative estimate of drug-likeness (QED) is 0.453. The third-order valence-corrected chi connectivity index (χ3v) is 3.30. The van der Waals surface area contributed by atoms with Crippen molar-refractivity contribution in [1.82, 2.24) is 5.32 Å². The summed E-state index contributed by atoms with van der Waals surface area (Å²) in [4.78, 5) is 10.5. The molecule has 1 aromatic rings. The van der Waals surface area contributed by atoms with E-state index in [-0.39, 0.29) is 10.6 Å². The second-order valence-corrected chi connectivity index (χ2v) is 4.84. The molecule has 2 rings (SSSR count). The summed E-state index contributed by atoms with van der Waals surface area (Å²) in [7, 11) is 0. The number of nitrogens with zero attached hydrogens (tertiary/aromatic N) is 1. The summed E-state index contributed by atoms with van der Waals surface area (Å²) in [6, 6.07) is 6.72. The minimum Gasteiger partial charge on any atom is -0.386 e. The molecule has 1 unspecified atom stereocenters. The summed E-state index contributed by atoms with van der Waals surface area (Å²) >= 11 is 0. The van der Waals surface area contributed by atoms with Crippen molar-refractivity contribution < 1.29 is 14.8 Å². The van der Waals surface area contributed by atoms with Crippen molar-refractivity contribution in [3.05, 3.63) is 39.9 Å². The maximum Gasteiger partial charge on any atom is 0.272 e. The van der Waals surface area contributed by atoms with E-state index < -0.39 is 5.60 Å². The van der Waals surface area contributed by atoms with Gasteiger partial charge in [-0.3, -0.25) is 10.1 Å². The molecule has 1 fully saturated rings. The fourth-order valence-corrected chi connectivity index (χ4v) is 2.18. The second kappa shape index (κ2) is 6.10. The van der Waals surface area contributed by atoms with Gasteiger partial charge >= 0.3 is 0 Å². The van der Waals surface area contributed by atoms with E-state index >= 15 is 0 Å². The third-order valence-electron chi connectivity index (χ3n) is 3.30. The molecule has 1 atom stereocenters. The van der Waals surface area contributed by atoms with Gasteiger partial charge in [-0.05, 0) is 13.0 Å². The van der Waals surface area contributed by atoms with Crippen LogP contribution in [0.3, 0.4) is 0 Å². The van der Waals surface area contributed by atoms with Crippen LogP contribution in [0.25, 0.3) is 0 Å². The average Bonchev–Trinajstić information content (AvgIpc) is 2.82. The summed E-state index contributed by atoms with van der Waals surface area (Å²) in [5, 5.41) is 24.0. The Morgan fingerprint density at radius 2 is 2.26 bits per heavy atom. The molecule has 0 radical (unpaired) electrons. The predicted octanol–water partition coefficient (Wildman–Crippen LogP) is 0.878. The van der Waals surface area contributed by atoms with E-state index in [0.29, 0.717) is 44.7 Å². The SMILES string of the molecule is O=[N+]([O-])c1ccccc1CCNCC1(O)CCOC1. The van der Waals surface area contributed by atoms with Gasteiger partial charge in [0.25, 0.3) is 5.69 Å². The zero-order chi connectivity index (χ0) is 13.7. The summed E-state index contributed by atoms with van der Waals surface area (Å²) < 4.78 is 5.15. The topological polar surface area (TPSA) is 84.6 Å². The standard InChI is InChI=1S/C13H18N2O4/c16-13(6-8-19-10-13)9-14-7-5-11-3-1-2-4-12(11)15(17)18/h1-4,14,16H,5-10H2. The van der Waals surface area contributed by atoms with Crippen molar-refractivity contribution in [2.75, 3.05) is 26.3 Å². The molecule has 1 saturated heterocycles. The van der Waals surface area contributed by atoms with Crippen LogP contribution in [0.5, 0.6) is 0 Å². The van der Waals surface area contributed by atoms with Crippen LogP contribution in [-0.4, -0.2) is 41.9 Å². The molecule has 1 aliphatic heterocycles. The Morgan fingerprint density at radius 3 is 2.95 bits per heavy atom. The lowest BCUT2D eigenvalue weighted by molar-refractivity contribution is -0.385. The molecule has 104 valence electrons. The first kappa shape index (κ1) is 13.9. The highest BCUT2D eigenvalue weighted by Crippen LogP contribution is 2.19. The Morgan fingerprint density at radius 1 is 1.47 bits per heavy atom. The van der Waals surface area contributed by atoms with Crippen LogP contribution in [0.4, 0.5) is 5.69 Å². The van der Waals surface area contributed by atoms with Gasteiger partial charge in [0.05, 0.1) is 11.5 Å². The van der Waals surface area contributed by atoms with Gasteiger partial charge in [-0.15, -0.1) is 0 Å². The zero-order valence-corrected chi connectivity index (χ0v) is 10.7. The van der Waals surface area contributed by atoms with Gasteiger partial charge in [-0.25, -0.2) is 0 Å². The maximum atomic E-state index is 10.8. The van der Waals surface area contributed by atoms with Gasteiger partial charge in [0, 0.05) is 31.2 Å². The normalized spacial score (nSPS) is 22.6. The molecule has 0 amide bonds. The Bertz CT molecular complexity index is 444. The van der Waals surface area contributed by atoms with Crippen molar-refractivity contribution in [2.45, 2.75) is 18.4 Å². The van der Waals surface area contributed by atoms with E-state index in [2.05, 4.69) is 5.32 Å². The Labute approximate surface area is 111 Å². The average molecular weight is 266 g/mol. The zero-order valence-electron chi connectivity index (χ0n) is 10.7. The molecule has 0 bridgehead atoms. The number of nitro benzene ring substituents is 1. The van der Waals surface area contributed by atoms with E-state index in [9.17, 15) is 15.2 Å². The van der Waals surface area contributed by atoms with Crippen molar-refractivity contribution in [2.24, 2.45) is 0 Å². The molecular weight excluding hydrogens is 248 g/mol. The lowest BCUT2D eigenvalue weighted by Gasteiger charge is -2.20. The highest BCUT2D eigenvalue weighted by atomic mass is 16.6. The summed E-state index contributed by atoms with van der Waals surface area (Å²) in [6.07, 6.45) is 1.19. The number of ether oxygens (including phenoxy) is 1. The number of nitro groups is 1. The van der Waals surface area contributed by atoms with Crippen LogP contribution in [0, 0.1) is 10.1 Å². The smallest absolute Gasteiger partial charge is 0.272 e. The van der Waals surface area contributed by atoms with Crippen LogP contribution in [-0.2, 0) is 11.2 Å². The largest absolute Gasteiger partial charge is 0.386 e. The second-order valence-electron chi connectivity index (χ2n) is 4.84. The van der Waals surface area contributed by atoms with Crippen LogP contribution in [0.1, 0.15) is 12.0 Å². The lowest BCUT2D eigenvalue weighted by Crippen LogP contribution is -2.41. The number of nitrogens with one attached hydrogen (secondary N) is 1. The number of aliphatic hydroxyl groups is 1. The molecule has 0 spiro atoms. The van der Waals surface area contributed by atoms with E-state index in [1.807, 2.05) is 0 Å². The molecule has 0 saturated carbocycles. The molecule has 19 heavy (non-hydrogen) atoms. The highest BCUT2D eigenvalue weighted by molar-refractivity contribution is 5.39. The van der Waals surface area contributed by atoms with Gasteiger partial charge in [0.2, 0.25) is 0 Å². The molecule has 1 heterocycles. The fraction of sp³-hybridized carbons (Fsp3) is 0.538. The number of para-hydroxylation sites is 1. The van der Waals surface area contributed by atoms with Crippen molar-refractivity contribution >= 4 is 5.69 Å². The molecule has 1 aromatic carbocycles. The lowest BCUT2D eigenvalue weighted by atomic mass is 10.0. The first-order valence-electron chi connectivity index (χ1n) is 6.34. The summed E-state index contributed by atoms with van der Waals surface area (Å²) in [5.74, 6) is 0. The summed E-state index contributed by atoms with van der Waals surface area (Å²) in [6.45, 7) is 1.98. The van der Waals surface area contributed by atoms with E-state index in [1.165, 1.54) is 6.07 Å². The predicted molar refractivity (Wildman–Crippen MR) is 70.1 cm³/mol. The Balaban J connectivity index is 1.81. The van der Waals surface area contributed by atoms with Gasteiger partial charge < -0.3 is 15.2 Å². The van der Waals surface area contributed by atoms with E-state index in [4.69, 9.17) is 4.74 Å². The molecular formula is C13H18N2O4. The highest BCUT2D eigenvalue weighted by Gasteiger charge is 2.31. The fourth-order valence-electron chi connectivity index (χ4n) is 2.18. The van der Waals surface area contributed by atoms with Gasteiger partial charge in [-0.1, -0.05) is 18.2 Å². The number of benzene rings is 1. The van der Waals surface area contributed by atoms with E-state index in [1.54, 1.807) is 18.2 Å². The van der Waals surface area contributed by atoms with E-state index in [0.717, 1.165) is 0 Å². The van der Waals surface area contributed by atoms with Crippen molar-refractivity contribution in [1.29, 1.82) is 0 Å². The Hall–Kier alpha value is -1.50. The minimum absolute atomic E-state index is 0.146. The summed E-state index contributed by atoms with van der Waals surface area (Å²) in [5.41, 5.74) is 0.0599. The molecule has 1 aliphatic rings. The van der Waals surface area contributed by atoms with Gasteiger partial charge in [0.15, 0.2) is 0 Å². The maximum absolute atomic E-state index is 10.8. The van der Waals surface area contributed by atoms with Crippen LogP contribution >= 0.6 is 0 Å². The molecule has 6 nitrogen and oxygen atoms in total. The van der Waals surface area contributed by atoms with Crippen LogP contribution in [0.15, 0.2) is 24.3 Å². The Kier molecular flexibility index (Phi) is 4.47. The third kappa shape index (κ3) is 3.73. The number of hydrogen-bond acceptors (Lipinski definition) is 5. The minimum atomic E-state index is -0.789. The number of rotatable bonds is 6. The van der Waals surface area contributed by atoms with Crippen molar-refractivity contribution in [3.63, 3.8) is 0 Å². The first-order chi connectivity index (χ1) is 9.11. The first-order valence-corrected chi connectivity index (χ1v) is 6.34. The molecule has 0 aromatic heterocycles. The van der Waals surface area contributed by atoms with Crippen LogP contribution in [0.2, 0.25) is 0 Å². The van der Waals surface area contributed by atoms with Crippen molar-refractivity contribution in [3.8, 4) is 0 Å². The van der Waals surface area contributed by atoms with Crippen LogP contribution < -0.4 is 5.32 Å². The van der Waals surface area contributed by atoms with Gasteiger partial charge in [0.1, 0.15) is 5.60 Å². The molecule has 0 aliphatic carbocycles. The number of hydrogen-bond donors (Lipinski definition) is 2. The molecule has 2 N–H and O–H groups in total. The molecule has 6 heteroatoms. The monoisotopic (exact) mass is 266 g/mol. The van der Waals surface area contributed by atoms with Gasteiger partial charge in [-0.2, -0.15) is 0 Å².